The van der Waals surface area contributed by atoms with Gasteiger partial charge < -0.3 is 9.26 Å². The van der Waals surface area contributed by atoms with E-state index in [1.807, 2.05) is 51.1 Å². The number of hydrogen-bond donors (Lipinski definition) is 0. The number of rotatable bonds is 3. The summed E-state index contributed by atoms with van der Waals surface area (Å²) in [6, 6.07) is 9.76. The maximum Gasteiger partial charge on any atom is 0.134 e. The Bertz CT molecular complexity index is 457. The van der Waals surface area contributed by atoms with E-state index in [9.17, 15) is 0 Å². The summed E-state index contributed by atoms with van der Waals surface area (Å²) in [4.78, 5) is 0. The van der Waals surface area contributed by atoms with Crippen molar-refractivity contribution in [3.05, 3.63) is 36.1 Å². The zero-order chi connectivity index (χ0) is 11.5. The quantitative estimate of drug-likeness (QED) is 0.790. The van der Waals surface area contributed by atoms with Crippen molar-refractivity contribution >= 4 is 0 Å². The van der Waals surface area contributed by atoms with E-state index in [0.717, 1.165) is 22.8 Å². The first-order valence-electron chi connectivity index (χ1n) is 5.35. The molecule has 1 aromatic heterocycles. The van der Waals surface area contributed by atoms with E-state index in [1.165, 1.54) is 0 Å². The van der Waals surface area contributed by atoms with E-state index in [2.05, 4.69) is 5.16 Å². The summed E-state index contributed by atoms with van der Waals surface area (Å²) >= 11 is 0. The van der Waals surface area contributed by atoms with Crippen molar-refractivity contribution in [2.75, 3.05) is 0 Å². The Morgan fingerprint density at radius 2 is 1.88 bits per heavy atom. The van der Waals surface area contributed by atoms with Gasteiger partial charge in [-0.1, -0.05) is 5.16 Å². The van der Waals surface area contributed by atoms with Gasteiger partial charge in [0.05, 0.1) is 6.10 Å². The lowest BCUT2D eigenvalue weighted by molar-refractivity contribution is 0.242. The van der Waals surface area contributed by atoms with E-state index >= 15 is 0 Å². The molecule has 0 N–H and O–H groups in total. The second kappa shape index (κ2) is 4.39. The summed E-state index contributed by atoms with van der Waals surface area (Å²) in [6.45, 7) is 5.90. The van der Waals surface area contributed by atoms with Crippen LogP contribution in [-0.4, -0.2) is 11.3 Å². The van der Waals surface area contributed by atoms with Crippen LogP contribution in [-0.2, 0) is 0 Å². The van der Waals surface area contributed by atoms with Gasteiger partial charge in [-0.25, -0.2) is 0 Å². The first-order valence-corrected chi connectivity index (χ1v) is 5.35. The number of nitrogens with zero attached hydrogens (tertiary/aromatic N) is 1. The lowest BCUT2D eigenvalue weighted by Gasteiger charge is -2.09. The molecule has 2 aromatic rings. The fourth-order valence-corrected chi connectivity index (χ4v) is 1.48. The number of benzene rings is 1. The Morgan fingerprint density at radius 1 is 1.19 bits per heavy atom. The summed E-state index contributed by atoms with van der Waals surface area (Å²) < 4.78 is 10.6. The highest BCUT2D eigenvalue weighted by atomic mass is 16.5. The largest absolute Gasteiger partial charge is 0.491 e. The lowest BCUT2D eigenvalue weighted by atomic mass is 10.1. The first-order chi connectivity index (χ1) is 7.65. The Morgan fingerprint density at radius 3 is 2.38 bits per heavy atom. The van der Waals surface area contributed by atoms with Crippen LogP contribution in [0.25, 0.3) is 11.3 Å². The van der Waals surface area contributed by atoms with Crippen LogP contribution in [0, 0.1) is 6.92 Å². The smallest absolute Gasteiger partial charge is 0.134 e. The first kappa shape index (κ1) is 10.7. The van der Waals surface area contributed by atoms with Crippen molar-refractivity contribution in [3.63, 3.8) is 0 Å². The Hall–Kier alpha value is -1.77. The van der Waals surface area contributed by atoms with Crippen LogP contribution in [0.5, 0.6) is 5.75 Å². The number of hydrogen-bond acceptors (Lipinski definition) is 3. The highest BCUT2D eigenvalue weighted by Crippen LogP contribution is 2.22. The normalized spacial score (nSPS) is 10.8. The third-order valence-corrected chi connectivity index (χ3v) is 2.15. The monoisotopic (exact) mass is 217 g/mol. The van der Waals surface area contributed by atoms with Crippen LogP contribution >= 0.6 is 0 Å². The molecule has 0 atom stereocenters. The molecule has 0 fully saturated rings. The molecule has 1 aromatic carbocycles. The summed E-state index contributed by atoms with van der Waals surface area (Å²) in [5, 5.41) is 3.96. The molecule has 3 heteroatoms. The number of ether oxygens (including phenoxy) is 1. The van der Waals surface area contributed by atoms with Gasteiger partial charge in [-0.2, -0.15) is 0 Å². The van der Waals surface area contributed by atoms with Crippen molar-refractivity contribution < 1.29 is 9.26 Å². The summed E-state index contributed by atoms with van der Waals surface area (Å²) in [5.74, 6) is 1.69. The molecule has 0 saturated carbocycles. The van der Waals surface area contributed by atoms with Gasteiger partial charge in [0.25, 0.3) is 0 Å². The van der Waals surface area contributed by atoms with E-state index < -0.39 is 0 Å². The third-order valence-electron chi connectivity index (χ3n) is 2.15. The van der Waals surface area contributed by atoms with Gasteiger partial charge in [0.2, 0.25) is 0 Å². The van der Waals surface area contributed by atoms with Crippen LogP contribution in [0.15, 0.2) is 34.9 Å². The van der Waals surface area contributed by atoms with Crippen molar-refractivity contribution in [2.24, 2.45) is 0 Å². The molecule has 1 heterocycles. The van der Waals surface area contributed by atoms with Gasteiger partial charge >= 0.3 is 0 Å². The molecule has 2 rings (SSSR count). The van der Waals surface area contributed by atoms with Gasteiger partial charge in [-0.05, 0) is 45.0 Å². The molecule has 0 saturated heterocycles. The molecule has 0 unspecified atom stereocenters. The second-order valence-electron chi connectivity index (χ2n) is 4.01. The summed E-state index contributed by atoms with van der Waals surface area (Å²) in [6.07, 6.45) is 0.195. The average Bonchev–Trinajstić information content (AvgIpc) is 2.65. The van der Waals surface area contributed by atoms with Gasteiger partial charge in [-0.3, -0.25) is 0 Å². The molecule has 0 amide bonds. The Labute approximate surface area is 95.0 Å². The molecule has 0 aliphatic heterocycles. The van der Waals surface area contributed by atoms with E-state index in [0.29, 0.717) is 0 Å². The standard InChI is InChI=1S/C13H15NO2/c1-9(2)15-12-6-4-11(5-7-12)13-8-10(3)16-14-13/h4-9H,1-3H3. The minimum atomic E-state index is 0.195. The van der Waals surface area contributed by atoms with Crippen LogP contribution < -0.4 is 4.74 Å². The van der Waals surface area contributed by atoms with Crippen molar-refractivity contribution in [2.45, 2.75) is 26.9 Å². The number of aromatic nitrogens is 1. The van der Waals surface area contributed by atoms with Gasteiger partial charge in [0, 0.05) is 11.6 Å². The molecule has 0 bridgehead atoms. The summed E-state index contributed by atoms with van der Waals surface area (Å²) in [7, 11) is 0. The van der Waals surface area contributed by atoms with Crippen molar-refractivity contribution in [3.8, 4) is 17.0 Å². The minimum absolute atomic E-state index is 0.195. The summed E-state index contributed by atoms with van der Waals surface area (Å²) in [5.41, 5.74) is 1.89. The van der Waals surface area contributed by atoms with Gasteiger partial charge in [-0.15, -0.1) is 0 Å². The SMILES string of the molecule is Cc1cc(-c2ccc(OC(C)C)cc2)no1. The molecule has 0 spiro atoms. The van der Waals surface area contributed by atoms with E-state index in [-0.39, 0.29) is 6.10 Å². The second-order valence-corrected chi connectivity index (χ2v) is 4.01. The van der Waals surface area contributed by atoms with Gasteiger partial charge in [0.15, 0.2) is 0 Å². The van der Waals surface area contributed by atoms with Crippen molar-refractivity contribution in [1.29, 1.82) is 0 Å². The molecule has 0 radical (unpaired) electrons. The van der Waals surface area contributed by atoms with Crippen LogP contribution in [0.3, 0.4) is 0 Å². The number of aryl methyl sites for hydroxylation is 1. The predicted octanol–water partition coefficient (Wildman–Crippen LogP) is 3.44. The zero-order valence-corrected chi connectivity index (χ0v) is 9.73. The van der Waals surface area contributed by atoms with Crippen LogP contribution in [0.1, 0.15) is 19.6 Å². The maximum atomic E-state index is 5.57. The Kier molecular flexibility index (Phi) is 2.95. The fraction of sp³-hybridized carbons (Fsp3) is 0.308. The lowest BCUT2D eigenvalue weighted by Crippen LogP contribution is -2.05. The van der Waals surface area contributed by atoms with Crippen LogP contribution in [0.4, 0.5) is 0 Å². The predicted molar refractivity (Wildman–Crippen MR) is 62.4 cm³/mol. The molecule has 16 heavy (non-hydrogen) atoms. The highest BCUT2D eigenvalue weighted by Gasteiger charge is 2.04. The third kappa shape index (κ3) is 2.42. The zero-order valence-electron chi connectivity index (χ0n) is 9.73. The molecular weight excluding hydrogens is 202 g/mol. The van der Waals surface area contributed by atoms with Crippen molar-refractivity contribution in [1.82, 2.24) is 5.16 Å². The van der Waals surface area contributed by atoms with Crippen LogP contribution in [0.2, 0.25) is 0 Å². The van der Waals surface area contributed by atoms with Gasteiger partial charge in [0.1, 0.15) is 17.2 Å². The molecule has 3 nitrogen and oxygen atoms in total. The molecule has 0 aliphatic carbocycles. The molecule has 84 valence electrons. The topological polar surface area (TPSA) is 35.3 Å². The fourth-order valence-electron chi connectivity index (χ4n) is 1.48. The maximum absolute atomic E-state index is 5.57. The van der Waals surface area contributed by atoms with E-state index in [1.54, 1.807) is 0 Å². The minimum Gasteiger partial charge on any atom is -0.491 e. The molecular formula is C13H15NO2. The average molecular weight is 217 g/mol. The highest BCUT2D eigenvalue weighted by molar-refractivity contribution is 5.59. The Balaban J connectivity index is 2.19. The molecule has 0 aliphatic rings. The van der Waals surface area contributed by atoms with E-state index in [4.69, 9.17) is 9.26 Å².